The molecule has 3 amide bonds. The molecule has 2 N–H and O–H groups in total. The monoisotopic (exact) mass is 453 g/mol. The van der Waals surface area contributed by atoms with Crippen molar-refractivity contribution in [1.29, 1.82) is 0 Å². The molecule has 33 heavy (non-hydrogen) atoms. The highest BCUT2D eigenvalue weighted by molar-refractivity contribution is 5.97. The molecule has 6 nitrogen and oxygen atoms in total. The van der Waals surface area contributed by atoms with Gasteiger partial charge in [0.05, 0.1) is 0 Å². The summed E-state index contributed by atoms with van der Waals surface area (Å²) in [6.45, 7) is 6.89. The molecule has 0 spiro atoms. The maximum Gasteiger partial charge on any atom is 0.253 e. The fourth-order valence-corrected chi connectivity index (χ4v) is 3.97. The topological polar surface area (TPSA) is 78.5 Å². The molecule has 2 aromatic carbocycles. The molecular weight excluding hydrogens is 421 g/mol. The van der Waals surface area contributed by atoms with Crippen LogP contribution in [0.2, 0.25) is 0 Å². The van der Waals surface area contributed by atoms with Crippen LogP contribution in [-0.2, 0) is 4.79 Å². The average Bonchev–Trinajstić information content (AvgIpc) is 2.82. The lowest BCUT2D eigenvalue weighted by molar-refractivity contribution is -0.125. The van der Waals surface area contributed by atoms with Gasteiger partial charge in [-0.05, 0) is 75.4 Å². The number of carbonyl (C=O) groups excluding carboxylic acids is 3. The molecule has 0 unspecified atom stereocenters. The number of hydrogen-bond donors (Lipinski definition) is 2. The van der Waals surface area contributed by atoms with Crippen LogP contribution in [0.3, 0.4) is 0 Å². The first kappa shape index (κ1) is 24.4. The van der Waals surface area contributed by atoms with Crippen LogP contribution in [0.5, 0.6) is 0 Å². The van der Waals surface area contributed by atoms with Gasteiger partial charge in [-0.3, -0.25) is 14.4 Å². The maximum atomic E-state index is 13.2. The van der Waals surface area contributed by atoms with Crippen LogP contribution in [0.25, 0.3) is 0 Å². The summed E-state index contributed by atoms with van der Waals surface area (Å²) in [6.07, 6.45) is 1.97. The first-order chi connectivity index (χ1) is 15.8. The van der Waals surface area contributed by atoms with Crippen molar-refractivity contribution < 1.29 is 18.8 Å². The summed E-state index contributed by atoms with van der Waals surface area (Å²) in [6, 6.07) is 12.0. The largest absolute Gasteiger partial charge is 0.352 e. The highest BCUT2D eigenvalue weighted by Crippen LogP contribution is 2.23. The summed E-state index contributed by atoms with van der Waals surface area (Å²) < 4.78 is 13.2. The van der Waals surface area contributed by atoms with Crippen LogP contribution < -0.4 is 10.6 Å². The van der Waals surface area contributed by atoms with E-state index in [-0.39, 0.29) is 23.8 Å². The number of likely N-dealkylation sites (tertiary alicyclic amines) is 1. The van der Waals surface area contributed by atoms with Gasteiger partial charge < -0.3 is 15.5 Å². The molecule has 2 atom stereocenters. The van der Waals surface area contributed by atoms with E-state index in [1.54, 1.807) is 4.90 Å². The minimum Gasteiger partial charge on any atom is -0.352 e. The lowest BCUT2D eigenvalue weighted by Crippen LogP contribution is -2.55. The molecule has 1 saturated heterocycles. The number of amides is 3. The SMILES string of the molecule is CC[C@H](C)NC(=O)[C@H](NC(=O)c1ccc(F)cc1)C1CCN(C(=O)c2ccc(C)cc2)CC1. The van der Waals surface area contributed by atoms with Crippen LogP contribution in [-0.4, -0.2) is 47.8 Å². The minimum absolute atomic E-state index is 0.0223. The Morgan fingerprint density at radius 1 is 0.970 bits per heavy atom. The summed E-state index contributed by atoms with van der Waals surface area (Å²) in [7, 11) is 0. The van der Waals surface area contributed by atoms with E-state index >= 15 is 0 Å². The van der Waals surface area contributed by atoms with Gasteiger partial charge in [0.15, 0.2) is 0 Å². The second-order valence-corrected chi connectivity index (χ2v) is 8.77. The van der Waals surface area contributed by atoms with Crippen molar-refractivity contribution in [2.45, 2.75) is 52.1 Å². The van der Waals surface area contributed by atoms with Gasteiger partial charge in [-0.2, -0.15) is 0 Å². The van der Waals surface area contributed by atoms with Gasteiger partial charge in [0.1, 0.15) is 11.9 Å². The Morgan fingerprint density at radius 3 is 2.12 bits per heavy atom. The number of halogens is 1. The molecular formula is C26H32FN3O3. The lowest BCUT2D eigenvalue weighted by Gasteiger charge is -2.36. The normalized spacial score (nSPS) is 16.1. The van der Waals surface area contributed by atoms with E-state index in [2.05, 4.69) is 10.6 Å². The van der Waals surface area contributed by atoms with Crippen molar-refractivity contribution in [2.75, 3.05) is 13.1 Å². The Balaban J connectivity index is 1.69. The van der Waals surface area contributed by atoms with E-state index in [9.17, 15) is 18.8 Å². The van der Waals surface area contributed by atoms with Crippen LogP contribution in [0.15, 0.2) is 48.5 Å². The molecule has 7 heteroatoms. The number of benzene rings is 2. The fourth-order valence-electron chi connectivity index (χ4n) is 3.97. The predicted molar refractivity (Wildman–Crippen MR) is 125 cm³/mol. The summed E-state index contributed by atoms with van der Waals surface area (Å²) >= 11 is 0. The smallest absolute Gasteiger partial charge is 0.253 e. The Hall–Kier alpha value is -3.22. The van der Waals surface area contributed by atoms with Gasteiger partial charge in [-0.25, -0.2) is 4.39 Å². The first-order valence-electron chi connectivity index (χ1n) is 11.5. The summed E-state index contributed by atoms with van der Waals surface area (Å²) in [4.78, 5) is 40.5. The fraction of sp³-hybridized carbons (Fsp3) is 0.423. The molecule has 0 radical (unpaired) electrons. The van der Waals surface area contributed by atoms with Crippen molar-refractivity contribution >= 4 is 17.7 Å². The quantitative estimate of drug-likeness (QED) is 0.671. The molecule has 1 fully saturated rings. The van der Waals surface area contributed by atoms with Crippen molar-refractivity contribution in [3.05, 3.63) is 71.0 Å². The number of carbonyl (C=O) groups is 3. The number of rotatable bonds is 7. The molecule has 0 bridgehead atoms. The third-order valence-electron chi connectivity index (χ3n) is 6.27. The number of nitrogens with one attached hydrogen (secondary N) is 2. The number of hydrogen-bond acceptors (Lipinski definition) is 3. The number of piperidine rings is 1. The van der Waals surface area contributed by atoms with E-state index < -0.39 is 17.8 Å². The zero-order valence-corrected chi connectivity index (χ0v) is 19.4. The zero-order chi connectivity index (χ0) is 24.0. The molecule has 2 aromatic rings. The Morgan fingerprint density at radius 2 is 1.55 bits per heavy atom. The Kier molecular flexibility index (Phi) is 8.20. The van der Waals surface area contributed by atoms with Gasteiger partial charge in [0, 0.05) is 30.3 Å². The van der Waals surface area contributed by atoms with Gasteiger partial charge >= 0.3 is 0 Å². The number of aryl methyl sites for hydroxylation is 1. The van der Waals surface area contributed by atoms with Crippen molar-refractivity contribution in [3.8, 4) is 0 Å². The third-order valence-corrected chi connectivity index (χ3v) is 6.27. The molecule has 176 valence electrons. The Labute approximate surface area is 194 Å². The molecule has 1 aliphatic rings. The van der Waals surface area contributed by atoms with Crippen LogP contribution in [0.4, 0.5) is 4.39 Å². The number of nitrogens with zero attached hydrogens (tertiary/aromatic N) is 1. The summed E-state index contributed by atoms with van der Waals surface area (Å²) in [5.74, 6) is -1.21. The molecule has 1 heterocycles. The summed E-state index contributed by atoms with van der Waals surface area (Å²) in [5.41, 5.74) is 2.04. The van der Waals surface area contributed by atoms with Crippen LogP contribution >= 0.6 is 0 Å². The van der Waals surface area contributed by atoms with Crippen LogP contribution in [0, 0.1) is 18.7 Å². The highest BCUT2D eigenvalue weighted by Gasteiger charge is 2.34. The highest BCUT2D eigenvalue weighted by atomic mass is 19.1. The predicted octanol–water partition coefficient (Wildman–Crippen LogP) is 3.70. The third kappa shape index (κ3) is 6.40. The average molecular weight is 454 g/mol. The molecule has 0 aromatic heterocycles. The van der Waals surface area contributed by atoms with Crippen molar-refractivity contribution in [1.82, 2.24) is 15.5 Å². The second-order valence-electron chi connectivity index (χ2n) is 8.77. The van der Waals surface area contributed by atoms with Gasteiger partial charge in [-0.15, -0.1) is 0 Å². The molecule has 1 aliphatic heterocycles. The molecule has 0 saturated carbocycles. The standard InChI is InChI=1S/C26H32FN3O3/c1-4-18(3)28-25(32)23(29-24(31)20-9-11-22(27)12-10-20)19-13-15-30(16-14-19)26(33)21-7-5-17(2)6-8-21/h5-12,18-19,23H,4,13-16H2,1-3H3,(H,28,32)(H,29,31)/t18-,23+/m0/s1. The zero-order valence-electron chi connectivity index (χ0n) is 19.4. The maximum absolute atomic E-state index is 13.2. The van der Waals surface area contributed by atoms with E-state index in [0.717, 1.165) is 12.0 Å². The van der Waals surface area contributed by atoms with Gasteiger partial charge in [0.2, 0.25) is 5.91 Å². The van der Waals surface area contributed by atoms with E-state index in [4.69, 9.17) is 0 Å². The van der Waals surface area contributed by atoms with Crippen LogP contribution in [0.1, 0.15) is 59.4 Å². The van der Waals surface area contributed by atoms with E-state index in [1.165, 1.54) is 24.3 Å². The first-order valence-corrected chi connectivity index (χ1v) is 11.5. The van der Waals surface area contributed by atoms with E-state index in [0.29, 0.717) is 37.1 Å². The van der Waals surface area contributed by atoms with Crippen molar-refractivity contribution in [3.63, 3.8) is 0 Å². The van der Waals surface area contributed by atoms with Gasteiger partial charge in [0.25, 0.3) is 11.8 Å². The van der Waals surface area contributed by atoms with E-state index in [1.807, 2.05) is 45.0 Å². The summed E-state index contributed by atoms with van der Waals surface area (Å²) in [5, 5.41) is 5.82. The molecule has 0 aliphatic carbocycles. The lowest BCUT2D eigenvalue weighted by atomic mass is 9.88. The molecule has 3 rings (SSSR count). The minimum atomic E-state index is -0.729. The van der Waals surface area contributed by atoms with Gasteiger partial charge in [-0.1, -0.05) is 24.6 Å². The Bertz CT molecular complexity index is 967. The second kappa shape index (κ2) is 11.1. The van der Waals surface area contributed by atoms with Crippen molar-refractivity contribution in [2.24, 2.45) is 5.92 Å².